The van der Waals surface area contributed by atoms with E-state index < -0.39 is 0 Å². The molecule has 138 valence electrons. The van der Waals surface area contributed by atoms with Crippen LogP contribution in [0.15, 0.2) is 63.1 Å². The number of furan rings is 1. The number of fused-ring (bicyclic) bond motifs is 2. The van der Waals surface area contributed by atoms with Gasteiger partial charge in [-0.1, -0.05) is 19.1 Å². The SMILES string of the molecule is CCc1cc2c(=O)n(/N=C\c3ccc(-c4nc5ccccc5s4)o3)cnc2s1. The predicted molar refractivity (Wildman–Crippen MR) is 114 cm³/mol. The van der Waals surface area contributed by atoms with Crippen molar-refractivity contribution in [2.45, 2.75) is 13.3 Å². The Kier molecular flexibility index (Phi) is 4.14. The van der Waals surface area contributed by atoms with Gasteiger partial charge >= 0.3 is 0 Å². The number of nitrogens with zero attached hydrogens (tertiary/aromatic N) is 4. The first-order chi connectivity index (χ1) is 13.7. The van der Waals surface area contributed by atoms with Crippen molar-refractivity contribution < 1.29 is 4.42 Å². The third kappa shape index (κ3) is 2.96. The average Bonchev–Trinajstić information content (AvgIpc) is 3.44. The third-order valence-electron chi connectivity index (χ3n) is 4.28. The fourth-order valence-electron chi connectivity index (χ4n) is 2.85. The normalized spacial score (nSPS) is 11.9. The lowest BCUT2D eigenvalue weighted by atomic mass is 10.3. The first-order valence-corrected chi connectivity index (χ1v) is 10.3. The molecule has 5 rings (SSSR count). The van der Waals surface area contributed by atoms with Gasteiger partial charge in [0.25, 0.3) is 5.56 Å². The number of thiophene rings is 1. The van der Waals surface area contributed by atoms with Crippen LogP contribution in [0.1, 0.15) is 17.6 Å². The Morgan fingerprint density at radius 3 is 2.96 bits per heavy atom. The topological polar surface area (TPSA) is 73.3 Å². The minimum Gasteiger partial charge on any atom is -0.453 e. The Bertz CT molecular complexity index is 1360. The van der Waals surface area contributed by atoms with Crippen LogP contribution in [0.2, 0.25) is 0 Å². The molecule has 0 aliphatic rings. The van der Waals surface area contributed by atoms with Crippen LogP contribution < -0.4 is 5.56 Å². The van der Waals surface area contributed by atoms with Gasteiger partial charge in [0.2, 0.25) is 0 Å². The summed E-state index contributed by atoms with van der Waals surface area (Å²) < 4.78 is 8.17. The summed E-state index contributed by atoms with van der Waals surface area (Å²) in [5, 5.41) is 5.63. The van der Waals surface area contributed by atoms with Crippen LogP contribution in [-0.4, -0.2) is 20.9 Å². The molecule has 0 fully saturated rings. The van der Waals surface area contributed by atoms with Gasteiger partial charge in [-0.15, -0.1) is 22.7 Å². The quantitative estimate of drug-likeness (QED) is 0.403. The second-order valence-corrected chi connectivity index (χ2v) is 8.26. The van der Waals surface area contributed by atoms with E-state index in [2.05, 4.69) is 22.0 Å². The Morgan fingerprint density at radius 2 is 2.11 bits per heavy atom. The number of para-hydroxylation sites is 1. The summed E-state index contributed by atoms with van der Waals surface area (Å²) >= 11 is 3.11. The maximum absolute atomic E-state index is 12.6. The van der Waals surface area contributed by atoms with Crippen molar-refractivity contribution in [3.8, 4) is 10.8 Å². The molecular formula is C20H14N4O2S2. The molecule has 5 aromatic rings. The number of hydrogen-bond acceptors (Lipinski definition) is 7. The number of benzene rings is 1. The maximum Gasteiger partial charge on any atom is 0.282 e. The third-order valence-corrected chi connectivity index (χ3v) is 6.51. The van der Waals surface area contributed by atoms with Crippen molar-refractivity contribution in [1.82, 2.24) is 14.6 Å². The summed E-state index contributed by atoms with van der Waals surface area (Å²) in [6.07, 6.45) is 3.83. The highest BCUT2D eigenvalue weighted by Gasteiger charge is 2.10. The number of aryl methyl sites for hydroxylation is 1. The summed E-state index contributed by atoms with van der Waals surface area (Å²) in [5.74, 6) is 1.22. The van der Waals surface area contributed by atoms with Crippen LogP contribution >= 0.6 is 22.7 Å². The minimum atomic E-state index is -0.185. The van der Waals surface area contributed by atoms with Gasteiger partial charge in [-0.3, -0.25) is 4.79 Å². The highest BCUT2D eigenvalue weighted by atomic mass is 32.1. The molecule has 4 aromatic heterocycles. The molecule has 0 spiro atoms. The number of aromatic nitrogens is 3. The van der Waals surface area contributed by atoms with E-state index in [1.807, 2.05) is 42.5 Å². The van der Waals surface area contributed by atoms with Crippen molar-refractivity contribution in [3.05, 3.63) is 69.8 Å². The smallest absolute Gasteiger partial charge is 0.282 e. The number of hydrogen-bond donors (Lipinski definition) is 0. The zero-order valence-electron chi connectivity index (χ0n) is 14.8. The average molecular weight is 406 g/mol. The molecule has 0 aliphatic heterocycles. The molecular weight excluding hydrogens is 392 g/mol. The van der Waals surface area contributed by atoms with Crippen LogP contribution in [0, 0.1) is 0 Å². The second-order valence-electron chi connectivity index (χ2n) is 6.11. The molecule has 0 atom stereocenters. The number of rotatable bonds is 4. The van der Waals surface area contributed by atoms with E-state index in [1.54, 1.807) is 11.3 Å². The van der Waals surface area contributed by atoms with Gasteiger partial charge in [0.1, 0.15) is 16.9 Å². The highest BCUT2D eigenvalue weighted by molar-refractivity contribution is 7.21. The van der Waals surface area contributed by atoms with Gasteiger partial charge in [-0.2, -0.15) is 9.78 Å². The molecule has 0 radical (unpaired) electrons. The van der Waals surface area contributed by atoms with Crippen LogP contribution in [0.4, 0.5) is 0 Å². The molecule has 0 amide bonds. The van der Waals surface area contributed by atoms with Gasteiger partial charge < -0.3 is 4.42 Å². The summed E-state index contributed by atoms with van der Waals surface area (Å²) in [6, 6.07) is 13.5. The lowest BCUT2D eigenvalue weighted by molar-refractivity contribution is 0.573. The van der Waals surface area contributed by atoms with Crippen molar-refractivity contribution in [3.63, 3.8) is 0 Å². The molecule has 0 unspecified atom stereocenters. The van der Waals surface area contributed by atoms with E-state index in [4.69, 9.17) is 4.42 Å². The molecule has 28 heavy (non-hydrogen) atoms. The van der Waals surface area contributed by atoms with Gasteiger partial charge in [0.15, 0.2) is 10.8 Å². The monoisotopic (exact) mass is 406 g/mol. The molecule has 0 aliphatic carbocycles. The first-order valence-electron chi connectivity index (χ1n) is 8.71. The minimum absolute atomic E-state index is 0.185. The molecule has 0 bridgehead atoms. The molecule has 6 nitrogen and oxygen atoms in total. The molecule has 0 saturated heterocycles. The van der Waals surface area contributed by atoms with Crippen molar-refractivity contribution >= 4 is 49.3 Å². The van der Waals surface area contributed by atoms with Crippen LogP contribution in [0.5, 0.6) is 0 Å². The number of thiazole rings is 1. The fraction of sp³-hybridized carbons (Fsp3) is 0.100. The van der Waals surface area contributed by atoms with Gasteiger partial charge in [0, 0.05) is 4.88 Å². The molecule has 1 aromatic carbocycles. The molecule has 8 heteroatoms. The Labute approximate surface area is 167 Å². The van der Waals surface area contributed by atoms with E-state index in [0.29, 0.717) is 16.9 Å². The summed E-state index contributed by atoms with van der Waals surface area (Å²) in [4.78, 5) is 23.4. The van der Waals surface area contributed by atoms with E-state index >= 15 is 0 Å². The zero-order chi connectivity index (χ0) is 19.1. The molecule has 0 N–H and O–H groups in total. The Hall–Kier alpha value is -3.10. The van der Waals surface area contributed by atoms with Crippen molar-refractivity contribution in [1.29, 1.82) is 0 Å². The van der Waals surface area contributed by atoms with Crippen LogP contribution in [0.25, 0.3) is 31.2 Å². The van der Waals surface area contributed by atoms with Crippen molar-refractivity contribution in [2.75, 3.05) is 0 Å². The lowest BCUT2D eigenvalue weighted by Crippen LogP contribution is -2.16. The van der Waals surface area contributed by atoms with E-state index in [9.17, 15) is 4.79 Å². The van der Waals surface area contributed by atoms with Crippen LogP contribution in [-0.2, 0) is 6.42 Å². The van der Waals surface area contributed by atoms with Gasteiger partial charge in [-0.05, 0) is 36.8 Å². The van der Waals surface area contributed by atoms with E-state index in [0.717, 1.165) is 31.4 Å². The maximum atomic E-state index is 12.6. The van der Waals surface area contributed by atoms with Gasteiger partial charge in [-0.25, -0.2) is 9.97 Å². The van der Waals surface area contributed by atoms with Crippen LogP contribution in [0.3, 0.4) is 0 Å². The first kappa shape index (κ1) is 17.0. The van der Waals surface area contributed by atoms with E-state index in [1.165, 1.54) is 28.6 Å². The molecule has 0 saturated carbocycles. The second kappa shape index (κ2) is 6.81. The summed E-state index contributed by atoms with van der Waals surface area (Å²) in [7, 11) is 0. The standard InChI is InChI=1S/C20H14N4O2S2/c1-2-13-9-14-18(27-13)21-11-24(20(14)25)22-10-12-7-8-16(26-12)19-23-15-5-3-4-6-17(15)28-19/h3-11H,2H2,1H3/b22-10-. The zero-order valence-corrected chi connectivity index (χ0v) is 16.5. The van der Waals surface area contributed by atoms with E-state index in [-0.39, 0.29) is 5.56 Å². The summed E-state index contributed by atoms with van der Waals surface area (Å²) in [6.45, 7) is 2.06. The molecule has 4 heterocycles. The fourth-order valence-corrected chi connectivity index (χ4v) is 4.71. The predicted octanol–water partition coefficient (Wildman–Crippen LogP) is 4.77. The Balaban J connectivity index is 1.45. The largest absolute Gasteiger partial charge is 0.453 e. The van der Waals surface area contributed by atoms with Gasteiger partial charge in [0.05, 0.1) is 21.8 Å². The Morgan fingerprint density at radius 1 is 1.21 bits per heavy atom. The lowest BCUT2D eigenvalue weighted by Gasteiger charge is -1.96. The summed E-state index contributed by atoms with van der Waals surface area (Å²) in [5.41, 5.74) is 0.761. The van der Waals surface area contributed by atoms with Crippen molar-refractivity contribution in [2.24, 2.45) is 5.10 Å². The highest BCUT2D eigenvalue weighted by Crippen LogP contribution is 2.30.